The number of rotatable bonds is 9. The molecule has 6 heteroatoms. The molecular weight excluding hydrogens is 380 g/mol. The molecule has 0 bridgehead atoms. The maximum absolute atomic E-state index is 12.8. The number of amides is 2. The van der Waals surface area contributed by atoms with Gasteiger partial charge in [0, 0.05) is 5.70 Å². The number of nitrogens with one attached hydrogen (secondary N) is 2. The van der Waals surface area contributed by atoms with Crippen LogP contribution in [0.3, 0.4) is 0 Å². The molecule has 2 amide bonds. The Morgan fingerprint density at radius 2 is 1.87 bits per heavy atom. The highest BCUT2D eigenvalue weighted by Crippen LogP contribution is 2.30. The number of unbranched alkanes of at least 4 members (excludes halogenated alkanes) is 2. The van der Waals surface area contributed by atoms with Crippen molar-refractivity contribution in [1.29, 1.82) is 0 Å². The van der Waals surface area contributed by atoms with Gasteiger partial charge in [-0.1, -0.05) is 62.2 Å². The first-order valence-corrected chi connectivity index (χ1v) is 10.3. The van der Waals surface area contributed by atoms with Crippen LogP contribution >= 0.6 is 0 Å². The van der Waals surface area contributed by atoms with Crippen LogP contribution in [0.2, 0.25) is 0 Å². The van der Waals surface area contributed by atoms with Crippen LogP contribution in [-0.4, -0.2) is 18.6 Å². The maximum Gasteiger partial charge on any atom is 0.338 e. The Morgan fingerprint density at radius 3 is 2.63 bits per heavy atom. The number of benzene rings is 2. The number of carbonyl (C=O) groups excluding carboxylic acids is 2. The molecular formula is C24H28N2O4. The second-order valence-corrected chi connectivity index (χ2v) is 7.26. The molecule has 3 rings (SSSR count). The van der Waals surface area contributed by atoms with E-state index in [0.29, 0.717) is 30.2 Å². The molecule has 1 unspecified atom stereocenters. The molecule has 1 aliphatic heterocycles. The van der Waals surface area contributed by atoms with Gasteiger partial charge in [-0.05, 0) is 36.6 Å². The quantitative estimate of drug-likeness (QED) is 0.469. The van der Waals surface area contributed by atoms with E-state index in [1.807, 2.05) is 54.6 Å². The van der Waals surface area contributed by atoms with Crippen molar-refractivity contribution in [2.24, 2.45) is 0 Å². The van der Waals surface area contributed by atoms with Gasteiger partial charge in [0.2, 0.25) is 0 Å². The van der Waals surface area contributed by atoms with Crippen LogP contribution in [0.1, 0.15) is 50.3 Å². The van der Waals surface area contributed by atoms with Crippen molar-refractivity contribution in [2.45, 2.75) is 45.8 Å². The number of esters is 1. The molecule has 0 aromatic heterocycles. The molecule has 1 aliphatic rings. The van der Waals surface area contributed by atoms with Gasteiger partial charge in [0.15, 0.2) is 0 Å². The van der Waals surface area contributed by atoms with Gasteiger partial charge in [-0.15, -0.1) is 0 Å². The molecule has 0 radical (unpaired) electrons. The Balaban J connectivity index is 1.76. The molecule has 0 fully saturated rings. The molecule has 0 saturated carbocycles. The van der Waals surface area contributed by atoms with Crippen molar-refractivity contribution in [3.8, 4) is 5.75 Å². The molecule has 158 valence electrons. The number of allylic oxidation sites excluding steroid dienone is 1. The monoisotopic (exact) mass is 408 g/mol. The molecule has 0 saturated heterocycles. The minimum Gasteiger partial charge on any atom is -0.489 e. The van der Waals surface area contributed by atoms with Crippen LogP contribution in [-0.2, 0) is 16.1 Å². The van der Waals surface area contributed by atoms with Gasteiger partial charge >= 0.3 is 12.0 Å². The van der Waals surface area contributed by atoms with Gasteiger partial charge in [-0.3, -0.25) is 0 Å². The maximum atomic E-state index is 12.8. The summed E-state index contributed by atoms with van der Waals surface area (Å²) in [7, 11) is 0. The van der Waals surface area contributed by atoms with Crippen molar-refractivity contribution in [3.63, 3.8) is 0 Å². The summed E-state index contributed by atoms with van der Waals surface area (Å²) < 4.78 is 11.4. The van der Waals surface area contributed by atoms with E-state index in [1.165, 1.54) is 0 Å². The average Bonchev–Trinajstić information content (AvgIpc) is 2.75. The van der Waals surface area contributed by atoms with Crippen LogP contribution in [0.4, 0.5) is 4.79 Å². The smallest absolute Gasteiger partial charge is 0.338 e. The average molecular weight is 408 g/mol. The summed E-state index contributed by atoms with van der Waals surface area (Å²) in [6.07, 6.45) is 2.88. The van der Waals surface area contributed by atoms with E-state index in [0.717, 1.165) is 30.4 Å². The van der Waals surface area contributed by atoms with Crippen molar-refractivity contribution in [3.05, 3.63) is 77.0 Å². The highest BCUT2D eigenvalue weighted by atomic mass is 16.5. The first-order valence-electron chi connectivity index (χ1n) is 10.3. The second kappa shape index (κ2) is 10.5. The highest BCUT2D eigenvalue weighted by molar-refractivity contribution is 5.95. The third-order valence-electron chi connectivity index (χ3n) is 4.91. The van der Waals surface area contributed by atoms with E-state index in [4.69, 9.17) is 9.47 Å². The van der Waals surface area contributed by atoms with Crippen molar-refractivity contribution in [2.75, 3.05) is 6.61 Å². The van der Waals surface area contributed by atoms with Crippen molar-refractivity contribution in [1.82, 2.24) is 10.6 Å². The third kappa shape index (κ3) is 5.63. The molecule has 0 aliphatic carbocycles. The summed E-state index contributed by atoms with van der Waals surface area (Å²) in [5.41, 5.74) is 2.73. The summed E-state index contributed by atoms with van der Waals surface area (Å²) in [6.45, 7) is 4.61. The van der Waals surface area contributed by atoms with Crippen LogP contribution in [0, 0.1) is 0 Å². The Kier molecular flexibility index (Phi) is 7.49. The summed E-state index contributed by atoms with van der Waals surface area (Å²) in [5.74, 6) is 0.245. The van der Waals surface area contributed by atoms with Gasteiger partial charge in [-0.25, -0.2) is 9.59 Å². The third-order valence-corrected chi connectivity index (χ3v) is 4.91. The first kappa shape index (κ1) is 21.4. The predicted molar refractivity (Wildman–Crippen MR) is 115 cm³/mol. The highest BCUT2D eigenvalue weighted by Gasteiger charge is 2.32. The molecule has 2 aromatic carbocycles. The van der Waals surface area contributed by atoms with Gasteiger partial charge in [0.1, 0.15) is 12.4 Å². The van der Waals surface area contributed by atoms with Gasteiger partial charge in [0.05, 0.1) is 18.2 Å². The van der Waals surface area contributed by atoms with E-state index >= 15 is 0 Å². The lowest BCUT2D eigenvalue weighted by Crippen LogP contribution is -2.45. The fourth-order valence-corrected chi connectivity index (χ4v) is 3.33. The van der Waals surface area contributed by atoms with Crippen LogP contribution in [0.25, 0.3) is 0 Å². The molecule has 2 N–H and O–H groups in total. The Bertz CT molecular complexity index is 908. The minimum atomic E-state index is -0.599. The van der Waals surface area contributed by atoms with Crippen LogP contribution in [0.5, 0.6) is 5.75 Å². The second-order valence-electron chi connectivity index (χ2n) is 7.26. The largest absolute Gasteiger partial charge is 0.489 e. The van der Waals surface area contributed by atoms with E-state index in [-0.39, 0.29) is 6.03 Å². The van der Waals surface area contributed by atoms with E-state index < -0.39 is 12.0 Å². The van der Waals surface area contributed by atoms with E-state index in [1.54, 1.807) is 6.92 Å². The fourth-order valence-electron chi connectivity index (χ4n) is 3.33. The summed E-state index contributed by atoms with van der Waals surface area (Å²) in [6, 6.07) is 16.3. The van der Waals surface area contributed by atoms with Gasteiger partial charge in [-0.2, -0.15) is 0 Å². The minimum absolute atomic E-state index is 0.351. The molecule has 1 heterocycles. The SMILES string of the molecule is CCCCCOC(=O)C1=C(C)NC(=O)NC1c1cccc(OCc2ccccc2)c1. The van der Waals surface area contributed by atoms with Crippen LogP contribution in [0.15, 0.2) is 65.9 Å². The normalized spacial score (nSPS) is 15.9. The summed E-state index contributed by atoms with van der Waals surface area (Å²) in [5, 5.41) is 5.50. The number of carbonyl (C=O) groups is 2. The number of urea groups is 1. The number of hydrogen-bond acceptors (Lipinski definition) is 4. The zero-order valence-corrected chi connectivity index (χ0v) is 17.4. The standard InChI is InChI=1S/C24H28N2O4/c1-3-4-8-14-29-23(27)21-17(2)25-24(28)26-22(21)19-12-9-13-20(15-19)30-16-18-10-6-5-7-11-18/h5-7,9-13,15,22H,3-4,8,14,16H2,1-2H3,(H2,25,26,28). The lowest BCUT2D eigenvalue weighted by Gasteiger charge is -2.28. The Morgan fingerprint density at radius 1 is 1.07 bits per heavy atom. The summed E-state index contributed by atoms with van der Waals surface area (Å²) in [4.78, 5) is 24.8. The molecule has 6 nitrogen and oxygen atoms in total. The topological polar surface area (TPSA) is 76.7 Å². The predicted octanol–water partition coefficient (Wildman–Crippen LogP) is 4.63. The van der Waals surface area contributed by atoms with Crippen molar-refractivity contribution < 1.29 is 19.1 Å². The molecule has 0 spiro atoms. The molecule has 2 aromatic rings. The van der Waals surface area contributed by atoms with E-state index in [2.05, 4.69) is 17.6 Å². The molecule has 1 atom stereocenters. The lowest BCUT2D eigenvalue weighted by atomic mass is 9.95. The Labute approximate surface area is 177 Å². The number of hydrogen-bond donors (Lipinski definition) is 2. The fraction of sp³-hybridized carbons (Fsp3) is 0.333. The lowest BCUT2D eigenvalue weighted by molar-refractivity contribution is -0.139. The van der Waals surface area contributed by atoms with Crippen molar-refractivity contribution >= 4 is 12.0 Å². The van der Waals surface area contributed by atoms with E-state index in [9.17, 15) is 9.59 Å². The van der Waals surface area contributed by atoms with Gasteiger partial charge in [0.25, 0.3) is 0 Å². The number of ether oxygens (including phenoxy) is 2. The first-order chi connectivity index (χ1) is 14.6. The van der Waals surface area contributed by atoms with Crippen LogP contribution < -0.4 is 15.4 Å². The molecule has 30 heavy (non-hydrogen) atoms. The van der Waals surface area contributed by atoms with Gasteiger partial charge < -0.3 is 20.1 Å². The zero-order valence-electron chi connectivity index (χ0n) is 17.4. The summed E-state index contributed by atoms with van der Waals surface area (Å²) >= 11 is 0. The zero-order chi connectivity index (χ0) is 21.3. The Hall–Kier alpha value is -3.28.